The second kappa shape index (κ2) is 5.51. The first kappa shape index (κ1) is 11.7. The maximum Gasteiger partial charge on any atom is 0.250 e. The van der Waals surface area contributed by atoms with Crippen LogP contribution in [0.2, 0.25) is 0 Å². The van der Waals surface area contributed by atoms with E-state index in [1.807, 2.05) is 12.3 Å². The Bertz CT molecular complexity index is 387. The van der Waals surface area contributed by atoms with E-state index < -0.39 is 0 Å². The molecule has 1 heterocycles. The van der Waals surface area contributed by atoms with Crippen molar-refractivity contribution in [2.75, 3.05) is 19.0 Å². The number of rotatable bonds is 6. The zero-order valence-electron chi connectivity index (χ0n) is 9.31. The predicted octanol–water partition coefficient (Wildman–Crippen LogP) is 1.55. The lowest BCUT2D eigenvalue weighted by Crippen LogP contribution is -2.33. The van der Waals surface area contributed by atoms with Crippen LogP contribution in [0.5, 0.6) is 0 Å². The summed E-state index contributed by atoms with van der Waals surface area (Å²) in [5.74, 6) is 0.667. The minimum absolute atomic E-state index is 0.0733. The first-order chi connectivity index (χ1) is 7.81. The van der Waals surface area contributed by atoms with Gasteiger partial charge in [-0.1, -0.05) is 6.07 Å². The highest BCUT2D eigenvalue weighted by molar-refractivity contribution is 6.18. The predicted molar refractivity (Wildman–Crippen MR) is 66.0 cm³/mol. The normalized spacial score (nSPS) is 15.6. The Morgan fingerprint density at radius 1 is 1.38 bits per heavy atom. The van der Waals surface area contributed by atoms with E-state index in [9.17, 15) is 4.79 Å². The van der Waals surface area contributed by atoms with Gasteiger partial charge < -0.3 is 4.57 Å². The summed E-state index contributed by atoms with van der Waals surface area (Å²) in [4.78, 5) is 13.9. The monoisotopic (exact) mass is 240 g/mol. The van der Waals surface area contributed by atoms with Gasteiger partial charge >= 0.3 is 0 Å². The first-order valence-electron chi connectivity index (χ1n) is 5.77. The van der Waals surface area contributed by atoms with Gasteiger partial charge in [-0.2, -0.15) is 0 Å². The maximum absolute atomic E-state index is 11.5. The fraction of sp³-hybridized carbons (Fsp3) is 0.583. The number of pyridine rings is 1. The van der Waals surface area contributed by atoms with Gasteiger partial charge in [-0.05, 0) is 18.9 Å². The fourth-order valence-corrected chi connectivity index (χ4v) is 2.12. The zero-order valence-corrected chi connectivity index (χ0v) is 10.1. The van der Waals surface area contributed by atoms with E-state index in [-0.39, 0.29) is 5.56 Å². The van der Waals surface area contributed by atoms with Gasteiger partial charge in [0.1, 0.15) is 0 Å². The van der Waals surface area contributed by atoms with E-state index in [2.05, 4.69) is 4.90 Å². The molecule has 16 heavy (non-hydrogen) atoms. The van der Waals surface area contributed by atoms with Crippen LogP contribution < -0.4 is 5.56 Å². The molecule has 3 nitrogen and oxygen atoms in total. The van der Waals surface area contributed by atoms with Gasteiger partial charge in [0.05, 0.1) is 0 Å². The van der Waals surface area contributed by atoms with Gasteiger partial charge in [-0.3, -0.25) is 9.69 Å². The summed E-state index contributed by atoms with van der Waals surface area (Å²) >= 11 is 5.77. The Balaban J connectivity index is 1.90. The molecular formula is C12H17ClN2O. The van der Waals surface area contributed by atoms with E-state index >= 15 is 0 Å². The van der Waals surface area contributed by atoms with E-state index in [4.69, 9.17) is 11.6 Å². The molecule has 0 aliphatic heterocycles. The number of hydrogen-bond acceptors (Lipinski definition) is 2. The average Bonchev–Trinajstić information content (AvgIpc) is 3.10. The van der Waals surface area contributed by atoms with Gasteiger partial charge in [-0.15, -0.1) is 11.6 Å². The minimum atomic E-state index is 0.0733. The molecule has 2 rings (SSSR count). The highest BCUT2D eigenvalue weighted by Gasteiger charge is 2.27. The number of hydrogen-bond donors (Lipinski definition) is 0. The second-order valence-corrected chi connectivity index (χ2v) is 4.57. The molecule has 0 N–H and O–H groups in total. The maximum atomic E-state index is 11.5. The fourth-order valence-electron chi connectivity index (χ4n) is 1.91. The van der Waals surface area contributed by atoms with E-state index in [1.54, 1.807) is 16.7 Å². The Kier molecular flexibility index (Phi) is 4.02. The quantitative estimate of drug-likeness (QED) is 0.705. The third kappa shape index (κ3) is 3.09. The van der Waals surface area contributed by atoms with Crippen LogP contribution >= 0.6 is 11.6 Å². The summed E-state index contributed by atoms with van der Waals surface area (Å²) < 4.78 is 1.75. The lowest BCUT2D eigenvalue weighted by atomic mass is 10.4. The molecular weight excluding hydrogens is 224 g/mol. The molecule has 0 spiro atoms. The number of halogens is 1. The molecule has 0 atom stereocenters. The molecule has 0 saturated heterocycles. The van der Waals surface area contributed by atoms with Crippen molar-refractivity contribution in [2.45, 2.75) is 25.4 Å². The van der Waals surface area contributed by atoms with Crippen LogP contribution in [0, 0.1) is 0 Å². The van der Waals surface area contributed by atoms with E-state index in [0.717, 1.165) is 19.6 Å². The van der Waals surface area contributed by atoms with Gasteiger partial charge in [0.2, 0.25) is 0 Å². The molecule has 0 amide bonds. The molecule has 4 heteroatoms. The number of aromatic nitrogens is 1. The molecule has 0 bridgehead atoms. The van der Waals surface area contributed by atoms with Crippen molar-refractivity contribution in [1.29, 1.82) is 0 Å². The Hall–Kier alpha value is -0.800. The molecule has 1 aromatic heterocycles. The van der Waals surface area contributed by atoms with Crippen molar-refractivity contribution in [3.63, 3.8) is 0 Å². The van der Waals surface area contributed by atoms with Crippen LogP contribution in [0.3, 0.4) is 0 Å². The highest BCUT2D eigenvalue weighted by atomic mass is 35.5. The van der Waals surface area contributed by atoms with Crippen molar-refractivity contribution in [3.05, 3.63) is 34.7 Å². The first-order valence-corrected chi connectivity index (χ1v) is 6.30. The van der Waals surface area contributed by atoms with Crippen LogP contribution in [0.25, 0.3) is 0 Å². The molecule has 1 aromatic rings. The minimum Gasteiger partial charge on any atom is -0.314 e. The third-order valence-corrected chi connectivity index (χ3v) is 3.13. The number of nitrogens with zero attached hydrogens (tertiary/aromatic N) is 2. The summed E-state index contributed by atoms with van der Waals surface area (Å²) in [6.07, 6.45) is 4.40. The van der Waals surface area contributed by atoms with Gasteiger partial charge in [0, 0.05) is 43.8 Å². The largest absolute Gasteiger partial charge is 0.314 e. The van der Waals surface area contributed by atoms with Crippen LogP contribution in [0.15, 0.2) is 29.2 Å². The molecule has 1 saturated carbocycles. The zero-order chi connectivity index (χ0) is 11.4. The molecule has 0 aromatic carbocycles. The molecule has 88 valence electrons. The van der Waals surface area contributed by atoms with Crippen LogP contribution in [-0.4, -0.2) is 34.5 Å². The standard InChI is InChI=1S/C12H17ClN2O/c13-6-8-14(11-4-5-11)9-10-15-7-2-1-3-12(15)16/h1-3,7,11H,4-6,8-10H2. The van der Waals surface area contributed by atoms with Crippen LogP contribution in [0.4, 0.5) is 0 Å². The van der Waals surface area contributed by atoms with Crippen molar-refractivity contribution < 1.29 is 0 Å². The molecule has 1 aliphatic rings. The van der Waals surface area contributed by atoms with Gasteiger partial charge in [0.25, 0.3) is 5.56 Å². The molecule has 0 radical (unpaired) electrons. The van der Waals surface area contributed by atoms with Gasteiger partial charge in [0.15, 0.2) is 0 Å². The molecule has 1 aliphatic carbocycles. The number of alkyl halides is 1. The van der Waals surface area contributed by atoms with Crippen molar-refractivity contribution in [1.82, 2.24) is 9.47 Å². The smallest absolute Gasteiger partial charge is 0.250 e. The summed E-state index contributed by atoms with van der Waals surface area (Å²) in [5.41, 5.74) is 0.0733. The molecule has 0 unspecified atom stereocenters. The molecule has 1 fully saturated rings. The Morgan fingerprint density at radius 2 is 2.19 bits per heavy atom. The highest BCUT2D eigenvalue weighted by Crippen LogP contribution is 2.26. The average molecular weight is 241 g/mol. The van der Waals surface area contributed by atoms with Crippen molar-refractivity contribution in [3.8, 4) is 0 Å². The summed E-state index contributed by atoms with van der Waals surface area (Å²) in [6, 6.07) is 5.97. The third-order valence-electron chi connectivity index (χ3n) is 2.96. The van der Waals surface area contributed by atoms with Crippen molar-refractivity contribution in [2.24, 2.45) is 0 Å². The SMILES string of the molecule is O=c1ccccn1CCN(CCCl)C1CC1. The second-order valence-electron chi connectivity index (χ2n) is 4.19. The lowest BCUT2D eigenvalue weighted by molar-refractivity contribution is 0.266. The summed E-state index contributed by atoms with van der Waals surface area (Å²) in [5, 5.41) is 0. The van der Waals surface area contributed by atoms with Crippen LogP contribution in [-0.2, 0) is 6.54 Å². The van der Waals surface area contributed by atoms with E-state index in [0.29, 0.717) is 11.9 Å². The van der Waals surface area contributed by atoms with Crippen LogP contribution in [0.1, 0.15) is 12.8 Å². The van der Waals surface area contributed by atoms with Gasteiger partial charge in [-0.25, -0.2) is 0 Å². The topological polar surface area (TPSA) is 25.2 Å². The Morgan fingerprint density at radius 3 is 2.81 bits per heavy atom. The van der Waals surface area contributed by atoms with E-state index in [1.165, 1.54) is 12.8 Å². The van der Waals surface area contributed by atoms with Crippen molar-refractivity contribution >= 4 is 11.6 Å². The lowest BCUT2D eigenvalue weighted by Gasteiger charge is -2.20. The summed E-state index contributed by atoms with van der Waals surface area (Å²) in [6.45, 7) is 2.60. The summed E-state index contributed by atoms with van der Waals surface area (Å²) in [7, 11) is 0. The Labute approximate surface area is 101 Å².